The van der Waals surface area contributed by atoms with E-state index in [-0.39, 0.29) is 22.1 Å². The highest BCUT2D eigenvalue weighted by atomic mass is 35.5. The number of carbonyl (C=O) groups excluding carboxylic acids is 2. The standard InChI is InChI=1S/C11H10ClNO4S/c12-8-4-2-1-3-7(8)11(17)13-9(14)5-18-6-10(15)16/h1-4H,5-6H2,(H,15,16)(H,13,14,17). The Labute approximate surface area is 113 Å². The van der Waals surface area contributed by atoms with E-state index in [1.807, 2.05) is 0 Å². The van der Waals surface area contributed by atoms with Gasteiger partial charge in [0.05, 0.1) is 22.1 Å². The summed E-state index contributed by atoms with van der Waals surface area (Å²) in [4.78, 5) is 33.2. The number of imide groups is 1. The number of benzene rings is 1. The molecule has 0 aromatic heterocycles. The maximum atomic E-state index is 11.6. The van der Waals surface area contributed by atoms with Crippen LogP contribution in [0.1, 0.15) is 10.4 Å². The molecule has 0 aliphatic carbocycles. The topological polar surface area (TPSA) is 83.5 Å². The Morgan fingerprint density at radius 3 is 2.50 bits per heavy atom. The lowest BCUT2D eigenvalue weighted by atomic mass is 10.2. The van der Waals surface area contributed by atoms with Gasteiger partial charge >= 0.3 is 5.97 Å². The van der Waals surface area contributed by atoms with Gasteiger partial charge in [-0.05, 0) is 12.1 Å². The molecule has 96 valence electrons. The van der Waals surface area contributed by atoms with Gasteiger partial charge in [0.25, 0.3) is 5.91 Å². The largest absolute Gasteiger partial charge is 0.481 e. The molecule has 1 aromatic rings. The molecule has 0 aliphatic rings. The fraction of sp³-hybridized carbons (Fsp3) is 0.182. The van der Waals surface area contributed by atoms with Gasteiger partial charge in [0.2, 0.25) is 5.91 Å². The maximum absolute atomic E-state index is 11.6. The van der Waals surface area contributed by atoms with Crippen molar-refractivity contribution in [3.63, 3.8) is 0 Å². The highest BCUT2D eigenvalue weighted by molar-refractivity contribution is 8.00. The van der Waals surface area contributed by atoms with Gasteiger partial charge in [0.15, 0.2) is 0 Å². The Morgan fingerprint density at radius 1 is 1.22 bits per heavy atom. The van der Waals surface area contributed by atoms with Gasteiger partial charge in [-0.15, -0.1) is 11.8 Å². The van der Waals surface area contributed by atoms with Crippen molar-refractivity contribution in [2.75, 3.05) is 11.5 Å². The van der Waals surface area contributed by atoms with Crippen molar-refractivity contribution in [2.45, 2.75) is 0 Å². The van der Waals surface area contributed by atoms with E-state index < -0.39 is 17.8 Å². The van der Waals surface area contributed by atoms with Gasteiger partial charge in [-0.1, -0.05) is 23.7 Å². The first-order chi connectivity index (χ1) is 8.50. The number of amides is 2. The van der Waals surface area contributed by atoms with E-state index in [0.29, 0.717) is 0 Å². The Morgan fingerprint density at radius 2 is 1.89 bits per heavy atom. The fourth-order valence-electron chi connectivity index (χ4n) is 1.11. The average Bonchev–Trinajstić information content (AvgIpc) is 2.28. The number of hydrogen-bond donors (Lipinski definition) is 2. The molecule has 0 unspecified atom stereocenters. The van der Waals surface area contributed by atoms with E-state index in [1.54, 1.807) is 18.2 Å². The monoisotopic (exact) mass is 287 g/mol. The highest BCUT2D eigenvalue weighted by Gasteiger charge is 2.13. The zero-order chi connectivity index (χ0) is 13.5. The average molecular weight is 288 g/mol. The number of hydrogen-bond acceptors (Lipinski definition) is 4. The number of halogens is 1. The Bertz CT molecular complexity index is 478. The molecule has 0 radical (unpaired) electrons. The summed E-state index contributed by atoms with van der Waals surface area (Å²) in [6.45, 7) is 0. The van der Waals surface area contributed by atoms with Gasteiger partial charge in [-0.3, -0.25) is 19.7 Å². The Balaban J connectivity index is 2.48. The van der Waals surface area contributed by atoms with Gasteiger partial charge in [-0.25, -0.2) is 0 Å². The third-order valence-corrected chi connectivity index (χ3v) is 3.08. The maximum Gasteiger partial charge on any atom is 0.313 e. The van der Waals surface area contributed by atoms with Crippen LogP contribution in [0.5, 0.6) is 0 Å². The quantitative estimate of drug-likeness (QED) is 0.855. The lowest BCUT2D eigenvalue weighted by Crippen LogP contribution is -2.32. The van der Waals surface area contributed by atoms with E-state index >= 15 is 0 Å². The number of carboxylic acid groups (broad SMARTS) is 1. The molecule has 1 aromatic carbocycles. The van der Waals surface area contributed by atoms with Crippen LogP contribution >= 0.6 is 23.4 Å². The summed E-state index contributed by atoms with van der Waals surface area (Å²) < 4.78 is 0. The SMILES string of the molecule is O=C(O)CSCC(=O)NC(=O)c1ccccc1Cl. The minimum absolute atomic E-state index is 0.0947. The van der Waals surface area contributed by atoms with Gasteiger partial charge < -0.3 is 5.11 Å². The summed E-state index contributed by atoms with van der Waals surface area (Å²) in [6.07, 6.45) is 0. The summed E-state index contributed by atoms with van der Waals surface area (Å²) in [5.74, 6) is -2.44. The van der Waals surface area contributed by atoms with Crippen molar-refractivity contribution < 1.29 is 19.5 Å². The first kappa shape index (κ1) is 14.5. The zero-order valence-corrected chi connectivity index (χ0v) is 10.8. The zero-order valence-electron chi connectivity index (χ0n) is 9.18. The summed E-state index contributed by atoms with van der Waals surface area (Å²) in [7, 11) is 0. The normalized spacial score (nSPS) is 9.83. The first-order valence-electron chi connectivity index (χ1n) is 4.89. The van der Waals surface area contributed by atoms with Crippen molar-refractivity contribution in [3.05, 3.63) is 34.9 Å². The molecule has 0 saturated heterocycles. The van der Waals surface area contributed by atoms with Crippen molar-refractivity contribution in [1.29, 1.82) is 0 Å². The van der Waals surface area contributed by atoms with Crippen LogP contribution in [-0.4, -0.2) is 34.4 Å². The van der Waals surface area contributed by atoms with Crippen molar-refractivity contribution in [3.8, 4) is 0 Å². The van der Waals surface area contributed by atoms with E-state index in [4.69, 9.17) is 16.7 Å². The van der Waals surface area contributed by atoms with Crippen LogP contribution in [0.15, 0.2) is 24.3 Å². The van der Waals surface area contributed by atoms with Crippen molar-refractivity contribution in [2.24, 2.45) is 0 Å². The highest BCUT2D eigenvalue weighted by Crippen LogP contribution is 2.14. The Kier molecular flexibility index (Phi) is 5.67. The molecule has 0 aliphatic heterocycles. The van der Waals surface area contributed by atoms with Gasteiger partial charge in [0, 0.05) is 0 Å². The summed E-state index contributed by atoms with van der Waals surface area (Å²) in [5.41, 5.74) is 0.204. The molecule has 0 spiro atoms. The van der Waals surface area contributed by atoms with Crippen LogP contribution in [0.4, 0.5) is 0 Å². The smallest absolute Gasteiger partial charge is 0.313 e. The molecule has 0 saturated carbocycles. The summed E-state index contributed by atoms with van der Waals surface area (Å²) >= 11 is 6.71. The van der Waals surface area contributed by atoms with Gasteiger partial charge in [0.1, 0.15) is 0 Å². The van der Waals surface area contributed by atoms with Crippen molar-refractivity contribution in [1.82, 2.24) is 5.32 Å². The molecule has 5 nitrogen and oxygen atoms in total. The van der Waals surface area contributed by atoms with Crippen LogP contribution in [0, 0.1) is 0 Å². The number of thioether (sulfide) groups is 1. The molecule has 0 heterocycles. The lowest BCUT2D eigenvalue weighted by molar-refractivity contribution is -0.133. The molecule has 0 atom stereocenters. The number of carboxylic acids is 1. The second-order valence-electron chi connectivity index (χ2n) is 3.24. The van der Waals surface area contributed by atoms with E-state index in [9.17, 15) is 14.4 Å². The van der Waals surface area contributed by atoms with Gasteiger partial charge in [-0.2, -0.15) is 0 Å². The molecule has 2 amide bonds. The molecule has 0 bridgehead atoms. The minimum atomic E-state index is -1.01. The predicted octanol–water partition coefficient (Wildman–Crippen LogP) is 1.41. The second-order valence-corrected chi connectivity index (χ2v) is 4.64. The summed E-state index contributed by atoms with van der Waals surface area (Å²) in [6, 6.07) is 6.34. The van der Waals surface area contributed by atoms with Crippen LogP contribution in [-0.2, 0) is 9.59 Å². The molecule has 1 rings (SSSR count). The molecule has 2 N–H and O–H groups in total. The summed E-state index contributed by atoms with van der Waals surface area (Å²) in [5, 5.41) is 10.8. The second kappa shape index (κ2) is 7.03. The van der Waals surface area contributed by atoms with Crippen molar-refractivity contribution >= 4 is 41.1 Å². The van der Waals surface area contributed by atoms with E-state index in [1.165, 1.54) is 6.07 Å². The van der Waals surface area contributed by atoms with Crippen LogP contribution in [0.25, 0.3) is 0 Å². The van der Waals surface area contributed by atoms with Crippen LogP contribution in [0.3, 0.4) is 0 Å². The number of carbonyl (C=O) groups is 3. The Hall–Kier alpha value is -1.53. The third kappa shape index (κ3) is 4.77. The third-order valence-electron chi connectivity index (χ3n) is 1.83. The molecular weight excluding hydrogens is 278 g/mol. The lowest BCUT2D eigenvalue weighted by Gasteiger charge is -2.04. The predicted molar refractivity (Wildman–Crippen MR) is 68.9 cm³/mol. The molecule has 0 fully saturated rings. The fourth-order valence-corrected chi connectivity index (χ4v) is 1.86. The molecule has 7 heteroatoms. The number of nitrogens with one attached hydrogen (secondary N) is 1. The number of aliphatic carboxylic acids is 1. The first-order valence-corrected chi connectivity index (χ1v) is 6.42. The number of rotatable bonds is 5. The van der Waals surface area contributed by atoms with E-state index in [2.05, 4.69) is 5.32 Å². The molecular formula is C11H10ClNO4S. The van der Waals surface area contributed by atoms with Crippen LogP contribution in [0.2, 0.25) is 5.02 Å². The minimum Gasteiger partial charge on any atom is -0.481 e. The van der Waals surface area contributed by atoms with E-state index in [0.717, 1.165) is 11.8 Å². The molecule has 18 heavy (non-hydrogen) atoms. The van der Waals surface area contributed by atoms with Crippen LogP contribution < -0.4 is 5.32 Å².